The molecular formula is C28H53N3O13. The van der Waals surface area contributed by atoms with Gasteiger partial charge in [0.2, 0.25) is 0 Å². The Morgan fingerprint density at radius 2 is 1.07 bits per heavy atom. The van der Waals surface area contributed by atoms with Gasteiger partial charge in [0.1, 0.15) is 6.10 Å². The molecule has 0 bridgehead atoms. The highest BCUT2D eigenvalue weighted by molar-refractivity contribution is 5.74. The lowest BCUT2D eigenvalue weighted by atomic mass is 9.81. The number of unbranched alkanes of at least 4 members (excludes halogenated alkanes) is 1. The van der Waals surface area contributed by atoms with Crippen LogP contribution in [0, 0.1) is 11.3 Å². The van der Waals surface area contributed by atoms with Crippen molar-refractivity contribution >= 4 is 29.8 Å². The molecule has 0 rings (SSSR count). The van der Waals surface area contributed by atoms with Crippen molar-refractivity contribution in [2.75, 3.05) is 85.3 Å². The van der Waals surface area contributed by atoms with E-state index in [1.807, 2.05) is 27.7 Å². The lowest BCUT2D eigenvalue weighted by molar-refractivity contribution is -0.164. The quantitative estimate of drug-likeness (QED) is 0.0551. The van der Waals surface area contributed by atoms with Crippen molar-refractivity contribution in [3.63, 3.8) is 0 Å². The van der Waals surface area contributed by atoms with Crippen LogP contribution in [0.1, 0.15) is 47.5 Å². The third kappa shape index (κ3) is 23.6. The van der Waals surface area contributed by atoms with E-state index in [1.54, 1.807) is 0 Å². The fraction of sp³-hybridized carbons (Fsp3) is 0.821. The van der Waals surface area contributed by atoms with E-state index in [0.29, 0.717) is 13.2 Å². The molecule has 0 saturated heterocycles. The molecule has 258 valence electrons. The van der Waals surface area contributed by atoms with Crippen LogP contribution in [-0.2, 0) is 33.4 Å². The zero-order chi connectivity index (χ0) is 34.3. The summed E-state index contributed by atoms with van der Waals surface area (Å²) in [6.07, 6.45) is 1.42. The van der Waals surface area contributed by atoms with E-state index in [2.05, 4.69) is 6.92 Å². The van der Waals surface area contributed by atoms with E-state index in [1.165, 1.54) is 9.80 Å². The smallest absolute Gasteiger partial charge is 0.320 e. The maximum atomic E-state index is 12.9. The van der Waals surface area contributed by atoms with Crippen molar-refractivity contribution in [2.45, 2.75) is 53.6 Å². The molecule has 0 aliphatic carbocycles. The number of aliphatic carboxylic acids is 4. The van der Waals surface area contributed by atoms with Gasteiger partial charge < -0.3 is 40.1 Å². The van der Waals surface area contributed by atoms with Gasteiger partial charge in [-0.05, 0) is 12.3 Å². The summed E-state index contributed by atoms with van der Waals surface area (Å²) in [4.78, 5) is 61.7. The van der Waals surface area contributed by atoms with Gasteiger partial charge in [-0.1, -0.05) is 41.0 Å². The number of nitrogens with zero attached hydrogens (tertiary/aromatic N) is 3. The zero-order valence-electron chi connectivity index (χ0n) is 26.6. The fourth-order valence-electron chi connectivity index (χ4n) is 4.25. The molecule has 0 aliphatic rings. The number of carbonyl (C=O) groups is 5. The summed E-state index contributed by atoms with van der Waals surface area (Å²) in [5, 5.41) is 51.9. The molecule has 0 heterocycles. The fourth-order valence-corrected chi connectivity index (χ4v) is 4.25. The minimum Gasteiger partial charge on any atom is -0.480 e. The minimum atomic E-state index is -1.23. The summed E-state index contributed by atoms with van der Waals surface area (Å²) in [7, 11) is 0. The Morgan fingerprint density at radius 3 is 1.43 bits per heavy atom. The van der Waals surface area contributed by atoms with Crippen LogP contribution in [0.5, 0.6) is 0 Å². The second-order valence-corrected chi connectivity index (χ2v) is 11.3. The van der Waals surface area contributed by atoms with Gasteiger partial charge in [0.05, 0.1) is 52.5 Å². The van der Waals surface area contributed by atoms with Crippen molar-refractivity contribution in [3.8, 4) is 0 Å². The van der Waals surface area contributed by atoms with Crippen LogP contribution in [0.4, 0.5) is 0 Å². The number of carboxylic acids is 4. The molecule has 1 atom stereocenters. The van der Waals surface area contributed by atoms with Crippen LogP contribution >= 0.6 is 0 Å². The first-order valence-corrected chi connectivity index (χ1v) is 14.5. The van der Waals surface area contributed by atoms with Gasteiger partial charge in [-0.2, -0.15) is 0 Å². The lowest BCUT2D eigenvalue weighted by Gasteiger charge is -2.36. The number of esters is 1. The molecule has 0 saturated carbocycles. The van der Waals surface area contributed by atoms with Gasteiger partial charge in [-0.25, -0.2) is 0 Å². The number of ether oxygens (including phenoxy) is 2. The summed E-state index contributed by atoms with van der Waals surface area (Å²) < 4.78 is 11.6. The Balaban J connectivity index is 0. The molecule has 0 aromatic rings. The first-order chi connectivity index (χ1) is 20.5. The Morgan fingerprint density at radius 1 is 0.682 bits per heavy atom. The average molecular weight is 640 g/mol. The van der Waals surface area contributed by atoms with Crippen LogP contribution in [0.15, 0.2) is 0 Å². The molecule has 0 aliphatic heterocycles. The Hall–Kier alpha value is -2.89. The number of hydrogen-bond acceptors (Lipinski definition) is 12. The Labute approximate surface area is 259 Å². The number of rotatable bonds is 25. The van der Waals surface area contributed by atoms with Gasteiger partial charge >= 0.3 is 29.8 Å². The second-order valence-electron chi connectivity index (χ2n) is 11.3. The molecule has 1 unspecified atom stereocenters. The molecule has 6 N–H and O–H groups in total. The van der Waals surface area contributed by atoms with E-state index >= 15 is 0 Å². The molecule has 0 radical (unpaired) electrons. The highest BCUT2D eigenvalue weighted by Crippen LogP contribution is 2.29. The summed E-state index contributed by atoms with van der Waals surface area (Å²) in [6.45, 7) is 8.16. The predicted molar refractivity (Wildman–Crippen MR) is 158 cm³/mol. The molecule has 0 fully saturated rings. The number of hydrogen-bond donors (Lipinski definition) is 6. The lowest BCUT2D eigenvalue weighted by Crippen LogP contribution is -2.47. The maximum absolute atomic E-state index is 12.9. The molecule has 44 heavy (non-hydrogen) atoms. The van der Waals surface area contributed by atoms with Crippen molar-refractivity contribution < 1.29 is 64.1 Å². The molecular weight excluding hydrogens is 586 g/mol. The van der Waals surface area contributed by atoms with Crippen LogP contribution < -0.4 is 0 Å². The van der Waals surface area contributed by atoms with Gasteiger partial charge in [0, 0.05) is 38.2 Å². The van der Waals surface area contributed by atoms with Gasteiger partial charge in [0.25, 0.3) is 0 Å². The highest BCUT2D eigenvalue weighted by atomic mass is 16.5. The standard InChI is InChI=1S/C26H47N3O11.C2H6O2/c1-6-7-12-39-18-26(4,5)25(19(2)3)40-24(38)17-29(16-23(36)37)11-9-27(13-20(30)31)8-10-28(14-21(32)33)15-22(34)35;3-1-2-4/h19,25H,6-18H2,1-5H3,(H,30,31)(H,32,33)(H,34,35)(H,36,37);3-4H,1-2H2. The van der Waals surface area contributed by atoms with Crippen LogP contribution in [0.25, 0.3) is 0 Å². The topological polar surface area (TPSA) is 235 Å². The van der Waals surface area contributed by atoms with Gasteiger partial charge in [-0.3, -0.25) is 38.7 Å². The summed E-state index contributed by atoms with van der Waals surface area (Å²) in [5.74, 6) is -5.47. The van der Waals surface area contributed by atoms with Crippen LogP contribution in [-0.4, -0.2) is 167 Å². The third-order valence-electron chi connectivity index (χ3n) is 6.10. The molecule has 0 spiro atoms. The second kappa shape index (κ2) is 24.4. The van der Waals surface area contributed by atoms with E-state index in [4.69, 9.17) is 29.9 Å². The predicted octanol–water partition coefficient (Wildman–Crippen LogP) is -0.387. The Bertz CT molecular complexity index is 837. The summed E-state index contributed by atoms with van der Waals surface area (Å²) >= 11 is 0. The first kappa shape index (κ1) is 43.2. The van der Waals surface area contributed by atoms with Crippen LogP contribution in [0.2, 0.25) is 0 Å². The zero-order valence-corrected chi connectivity index (χ0v) is 26.6. The highest BCUT2D eigenvalue weighted by Gasteiger charge is 2.36. The summed E-state index contributed by atoms with van der Waals surface area (Å²) in [5.41, 5.74) is -0.495. The molecule has 0 aromatic carbocycles. The van der Waals surface area contributed by atoms with Crippen molar-refractivity contribution in [1.29, 1.82) is 0 Å². The van der Waals surface area contributed by atoms with Crippen molar-refractivity contribution in [1.82, 2.24) is 14.7 Å². The van der Waals surface area contributed by atoms with E-state index in [9.17, 15) is 34.2 Å². The summed E-state index contributed by atoms with van der Waals surface area (Å²) in [6, 6.07) is 0. The molecule has 16 heteroatoms. The Kier molecular flexibility index (Phi) is 24.0. The number of carbonyl (C=O) groups excluding carboxylic acids is 1. The van der Waals surface area contributed by atoms with Gasteiger partial charge in [0.15, 0.2) is 0 Å². The van der Waals surface area contributed by atoms with E-state index < -0.39 is 67.5 Å². The monoisotopic (exact) mass is 639 g/mol. The maximum Gasteiger partial charge on any atom is 0.320 e. The van der Waals surface area contributed by atoms with Gasteiger partial charge in [-0.15, -0.1) is 0 Å². The molecule has 16 nitrogen and oxygen atoms in total. The average Bonchev–Trinajstić information content (AvgIpc) is 2.89. The van der Waals surface area contributed by atoms with E-state index in [0.717, 1.165) is 17.7 Å². The number of aliphatic hydroxyl groups is 2. The first-order valence-electron chi connectivity index (χ1n) is 14.5. The van der Waals surface area contributed by atoms with Crippen molar-refractivity contribution in [3.05, 3.63) is 0 Å². The molecule has 0 amide bonds. The number of carboxylic acid groups (broad SMARTS) is 4. The number of aliphatic hydroxyl groups excluding tert-OH is 2. The minimum absolute atomic E-state index is 0.00239. The normalized spacial score (nSPS) is 12.2. The largest absolute Gasteiger partial charge is 0.480 e. The third-order valence-corrected chi connectivity index (χ3v) is 6.10. The molecule has 0 aromatic heterocycles. The van der Waals surface area contributed by atoms with E-state index in [-0.39, 0.29) is 51.9 Å². The van der Waals surface area contributed by atoms with Crippen molar-refractivity contribution in [2.24, 2.45) is 11.3 Å². The SMILES string of the molecule is CCCCOCC(C)(C)C(OC(=O)CN(CCN(CCN(CC(=O)O)CC(=O)O)CC(=O)O)CC(=O)O)C(C)C.OCCO. The van der Waals surface area contributed by atoms with Crippen LogP contribution in [0.3, 0.4) is 0 Å².